The van der Waals surface area contributed by atoms with Crippen LogP contribution in [0.25, 0.3) is 5.57 Å². The predicted molar refractivity (Wildman–Crippen MR) is 81.0 cm³/mol. The fourth-order valence-electron chi connectivity index (χ4n) is 3.27. The first-order chi connectivity index (χ1) is 9.18. The number of allylic oxidation sites excluding steroid dienone is 6. The SMILES string of the molecule is CC1=C[CH]([Ti+2]([C]2=CC=CC2)=[C](C)C)c2ccccc21.[Cl-].[Cl-]. The Morgan fingerprint density at radius 1 is 1.14 bits per heavy atom. The van der Waals surface area contributed by atoms with Crippen molar-refractivity contribution in [3.63, 3.8) is 0 Å². The number of halogens is 2. The van der Waals surface area contributed by atoms with Crippen molar-refractivity contribution < 1.29 is 42.2 Å². The van der Waals surface area contributed by atoms with Crippen LogP contribution < -0.4 is 24.8 Å². The van der Waals surface area contributed by atoms with Crippen molar-refractivity contribution in [3.8, 4) is 0 Å². The second-order valence-electron chi connectivity index (χ2n) is 5.65. The number of fused-ring (bicyclic) bond motifs is 1. The maximum absolute atomic E-state index is 2.53. The molecule has 3 rings (SSSR count). The normalized spacial score (nSPS) is 17.7. The summed E-state index contributed by atoms with van der Waals surface area (Å²) in [5.74, 6) is 0. The average molecular weight is 355 g/mol. The molecule has 0 saturated carbocycles. The summed E-state index contributed by atoms with van der Waals surface area (Å²) >= 11 is -1.37. The Balaban J connectivity index is 0.00000110. The summed E-state index contributed by atoms with van der Waals surface area (Å²) in [6.07, 6.45) is 10.6. The van der Waals surface area contributed by atoms with Gasteiger partial charge >= 0.3 is 122 Å². The molecule has 0 radical (unpaired) electrons. The summed E-state index contributed by atoms with van der Waals surface area (Å²) in [6.45, 7) is 6.96. The van der Waals surface area contributed by atoms with E-state index in [9.17, 15) is 0 Å². The molecule has 3 heteroatoms. The summed E-state index contributed by atoms with van der Waals surface area (Å²) in [5, 5.41) is 0. The van der Waals surface area contributed by atoms with Crippen molar-refractivity contribution in [2.24, 2.45) is 0 Å². The second kappa shape index (κ2) is 7.74. The van der Waals surface area contributed by atoms with Crippen LogP contribution in [0.3, 0.4) is 0 Å². The van der Waals surface area contributed by atoms with Gasteiger partial charge in [0.25, 0.3) is 0 Å². The van der Waals surface area contributed by atoms with E-state index in [1.54, 1.807) is 13.3 Å². The fraction of sp³-hybridized carbons (Fsp3) is 0.278. The standard InChI is InChI=1S/C10H9.C5H5.C3H6.2ClH.Ti/c1-8-6-7-9-4-2-3-5-10(8)9;1-2-4-5-3-1;1-3-2;;;/h2-7H,1H3;1-3H,4H2;1-2H3;2*1H;/q;;;;;+2/p-2. The molecule has 0 nitrogen and oxygen atoms in total. The Bertz CT molecular complexity index is 647. The Morgan fingerprint density at radius 3 is 2.48 bits per heavy atom. The minimum Gasteiger partial charge on any atom is -1.00 e. The van der Waals surface area contributed by atoms with Crippen LogP contribution in [0, 0.1) is 0 Å². The predicted octanol–water partition coefficient (Wildman–Crippen LogP) is -1.17. The molecule has 1 aromatic rings. The first-order valence-corrected chi connectivity index (χ1v) is 9.46. The molecule has 2 aliphatic rings. The van der Waals surface area contributed by atoms with Crippen LogP contribution in [0.4, 0.5) is 0 Å². The van der Waals surface area contributed by atoms with Gasteiger partial charge in [0.15, 0.2) is 0 Å². The third-order valence-electron chi connectivity index (χ3n) is 4.10. The Hall–Kier alpha value is -0.396. The van der Waals surface area contributed by atoms with Crippen molar-refractivity contribution in [2.75, 3.05) is 0 Å². The monoisotopic (exact) mass is 354 g/mol. The minimum atomic E-state index is -1.37. The zero-order valence-electron chi connectivity index (χ0n) is 12.7. The molecule has 0 saturated heterocycles. The van der Waals surface area contributed by atoms with Crippen LogP contribution in [0.2, 0.25) is 0 Å². The zero-order chi connectivity index (χ0) is 13.4. The molecule has 0 bridgehead atoms. The number of hydrogen-bond acceptors (Lipinski definition) is 0. The molecule has 0 heterocycles. The minimum absolute atomic E-state index is 0. The van der Waals surface area contributed by atoms with Crippen LogP contribution in [-0.4, -0.2) is 3.81 Å². The van der Waals surface area contributed by atoms with E-state index in [-0.39, 0.29) is 24.8 Å². The van der Waals surface area contributed by atoms with E-state index in [1.165, 1.54) is 17.6 Å². The molecule has 0 amide bonds. The van der Waals surface area contributed by atoms with E-state index < -0.39 is 17.4 Å². The van der Waals surface area contributed by atoms with Gasteiger partial charge in [-0.1, -0.05) is 0 Å². The van der Waals surface area contributed by atoms with Crippen LogP contribution in [0.1, 0.15) is 42.5 Å². The topological polar surface area (TPSA) is 0 Å². The van der Waals surface area contributed by atoms with Crippen LogP contribution >= 0.6 is 0 Å². The van der Waals surface area contributed by atoms with Crippen molar-refractivity contribution in [1.82, 2.24) is 0 Å². The molecule has 0 aromatic heterocycles. The van der Waals surface area contributed by atoms with Gasteiger partial charge in [0, 0.05) is 0 Å². The third kappa shape index (κ3) is 3.51. The van der Waals surface area contributed by atoms with Gasteiger partial charge in [0.2, 0.25) is 0 Å². The van der Waals surface area contributed by atoms with Crippen molar-refractivity contribution in [3.05, 3.63) is 63.6 Å². The van der Waals surface area contributed by atoms with Gasteiger partial charge in [0.1, 0.15) is 0 Å². The number of hydrogen-bond donors (Lipinski definition) is 0. The molecule has 0 fully saturated rings. The Morgan fingerprint density at radius 2 is 1.86 bits per heavy atom. The van der Waals surface area contributed by atoms with Crippen molar-refractivity contribution >= 4 is 9.38 Å². The van der Waals surface area contributed by atoms with Gasteiger partial charge in [-0.3, -0.25) is 0 Å². The molecular formula is C18H20Cl2Ti. The molecular weight excluding hydrogens is 335 g/mol. The third-order valence-corrected chi connectivity index (χ3v) is 9.16. The molecule has 1 aromatic carbocycles. The van der Waals surface area contributed by atoms with E-state index in [2.05, 4.69) is 69.3 Å². The molecule has 0 aliphatic heterocycles. The molecule has 1 unspecified atom stereocenters. The maximum Gasteiger partial charge on any atom is -1.00 e. The van der Waals surface area contributed by atoms with E-state index >= 15 is 0 Å². The first-order valence-electron chi connectivity index (χ1n) is 6.99. The van der Waals surface area contributed by atoms with E-state index in [1.807, 2.05) is 0 Å². The van der Waals surface area contributed by atoms with Gasteiger partial charge in [-0.25, -0.2) is 0 Å². The average Bonchev–Trinajstić information content (AvgIpc) is 3.00. The first kappa shape index (κ1) is 18.7. The smallest absolute Gasteiger partial charge is 1.00 e. The van der Waals surface area contributed by atoms with Gasteiger partial charge in [-0.2, -0.15) is 0 Å². The summed E-state index contributed by atoms with van der Waals surface area (Å²) in [5.41, 5.74) is 4.52. The summed E-state index contributed by atoms with van der Waals surface area (Å²) < 4.78 is 4.10. The molecule has 0 N–H and O–H groups in total. The largest absolute Gasteiger partial charge is 1.00 e. The van der Waals surface area contributed by atoms with Gasteiger partial charge in [-0.15, -0.1) is 0 Å². The van der Waals surface area contributed by atoms with Crippen molar-refractivity contribution in [1.29, 1.82) is 0 Å². The maximum atomic E-state index is 2.53. The van der Waals surface area contributed by atoms with Crippen LogP contribution in [0.5, 0.6) is 0 Å². The summed E-state index contributed by atoms with van der Waals surface area (Å²) in [4.78, 5) is 0. The molecule has 0 spiro atoms. The van der Waals surface area contributed by atoms with Gasteiger partial charge in [-0.05, 0) is 0 Å². The molecule has 1 atom stereocenters. The number of rotatable bonds is 2. The van der Waals surface area contributed by atoms with Gasteiger partial charge in [0.05, 0.1) is 0 Å². The summed E-state index contributed by atoms with van der Waals surface area (Å²) in [6, 6.07) is 8.98. The van der Waals surface area contributed by atoms with Crippen LogP contribution in [-0.2, 0) is 17.4 Å². The second-order valence-corrected chi connectivity index (χ2v) is 10.5. The molecule has 110 valence electrons. The Labute approximate surface area is 146 Å². The fourth-order valence-corrected chi connectivity index (χ4v) is 8.36. The van der Waals surface area contributed by atoms with Gasteiger partial charge < -0.3 is 24.8 Å². The van der Waals surface area contributed by atoms with Crippen LogP contribution in [0.15, 0.2) is 52.4 Å². The van der Waals surface area contributed by atoms with E-state index in [4.69, 9.17) is 0 Å². The van der Waals surface area contributed by atoms with E-state index in [0.717, 1.165) is 0 Å². The quantitative estimate of drug-likeness (QED) is 0.587. The zero-order valence-corrected chi connectivity index (χ0v) is 15.7. The van der Waals surface area contributed by atoms with Crippen molar-refractivity contribution in [2.45, 2.75) is 31.4 Å². The number of benzene rings is 1. The van der Waals surface area contributed by atoms with E-state index in [0.29, 0.717) is 4.22 Å². The summed E-state index contributed by atoms with van der Waals surface area (Å²) in [7, 11) is 0. The Kier molecular flexibility index (Phi) is 6.88. The molecule has 21 heavy (non-hydrogen) atoms. The molecule has 2 aliphatic carbocycles.